The summed E-state index contributed by atoms with van der Waals surface area (Å²) in [5, 5.41) is 19.1. The van der Waals surface area contributed by atoms with Crippen molar-refractivity contribution in [3.63, 3.8) is 0 Å². The minimum absolute atomic E-state index is 0.569. The van der Waals surface area contributed by atoms with Crippen molar-refractivity contribution in [1.82, 2.24) is 15.5 Å². The number of hydrogen-bond donors (Lipinski definition) is 4. The van der Waals surface area contributed by atoms with Gasteiger partial charge in [0.1, 0.15) is 0 Å². The molecule has 1 saturated carbocycles. The molecular weight excluding hydrogens is 322 g/mol. The molecule has 0 aliphatic heterocycles. The number of anilines is 2. The maximum atomic E-state index is 4.09. The lowest BCUT2D eigenvalue weighted by molar-refractivity contribution is 0.358. The van der Waals surface area contributed by atoms with Crippen LogP contribution in [0.1, 0.15) is 25.7 Å². The van der Waals surface area contributed by atoms with Gasteiger partial charge in [0.2, 0.25) is 0 Å². The summed E-state index contributed by atoms with van der Waals surface area (Å²) in [5.74, 6) is 0. The Kier molecular flexibility index (Phi) is 5.36. The van der Waals surface area contributed by atoms with E-state index in [1.807, 2.05) is 12.3 Å². The van der Waals surface area contributed by atoms with Crippen LogP contribution in [0, 0.1) is 0 Å². The molecule has 0 radical (unpaired) electrons. The topological polar surface area (TPSA) is 64.8 Å². The Morgan fingerprint density at radius 1 is 0.885 bits per heavy atom. The molecule has 0 spiro atoms. The molecular formula is C21H27N5. The molecule has 5 nitrogen and oxygen atoms in total. The molecule has 0 bridgehead atoms. The Labute approximate surface area is 154 Å². The third-order valence-electron chi connectivity index (χ3n) is 5.20. The number of benzene rings is 2. The van der Waals surface area contributed by atoms with E-state index in [0.29, 0.717) is 12.1 Å². The van der Waals surface area contributed by atoms with Crippen LogP contribution in [0.15, 0.2) is 54.7 Å². The number of para-hydroxylation sites is 1. The molecule has 2 aromatic carbocycles. The van der Waals surface area contributed by atoms with Crippen LogP contribution in [0.25, 0.3) is 10.9 Å². The molecule has 5 heteroatoms. The highest BCUT2D eigenvalue weighted by molar-refractivity contribution is 5.81. The second-order valence-electron chi connectivity index (χ2n) is 7.11. The first-order valence-corrected chi connectivity index (χ1v) is 9.59. The van der Waals surface area contributed by atoms with Gasteiger partial charge >= 0.3 is 0 Å². The summed E-state index contributed by atoms with van der Waals surface area (Å²) in [6.45, 7) is 1.97. The highest BCUT2D eigenvalue weighted by Gasteiger charge is 2.20. The van der Waals surface area contributed by atoms with Gasteiger partial charge in [-0.2, -0.15) is 5.10 Å². The summed E-state index contributed by atoms with van der Waals surface area (Å²) in [7, 11) is 0. The predicted molar refractivity (Wildman–Crippen MR) is 109 cm³/mol. The number of H-pyrrole nitrogens is 1. The molecule has 1 aromatic heterocycles. The molecule has 1 aliphatic rings. The minimum Gasteiger partial charge on any atom is -0.384 e. The third kappa shape index (κ3) is 4.35. The van der Waals surface area contributed by atoms with Crippen molar-refractivity contribution in [2.75, 3.05) is 23.7 Å². The Bertz CT molecular complexity index is 805. The van der Waals surface area contributed by atoms with E-state index in [9.17, 15) is 0 Å². The van der Waals surface area contributed by atoms with Crippen molar-refractivity contribution in [2.24, 2.45) is 0 Å². The highest BCUT2D eigenvalue weighted by atomic mass is 15.1. The first kappa shape index (κ1) is 16.9. The molecule has 1 heterocycles. The second kappa shape index (κ2) is 8.23. The fourth-order valence-corrected chi connectivity index (χ4v) is 3.75. The van der Waals surface area contributed by atoms with Crippen molar-refractivity contribution >= 4 is 22.3 Å². The standard InChI is InChI=1S/C21H27N5/c1-2-4-17(5-3-1)22-12-13-23-18-6-8-19(9-7-18)25-20-10-11-21-16(14-20)15-24-26-21/h1-5,10-11,14-15,18-19,22-23,25H,6-9,12-13H2,(H,24,26). The number of aromatic nitrogens is 2. The van der Waals surface area contributed by atoms with Crippen molar-refractivity contribution in [2.45, 2.75) is 37.8 Å². The minimum atomic E-state index is 0.569. The zero-order valence-electron chi connectivity index (χ0n) is 15.0. The number of hydrogen-bond acceptors (Lipinski definition) is 4. The van der Waals surface area contributed by atoms with Gasteiger partial charge in [0.25, 0.3) is 0 Å². The predicted octanol–water partition coefficient (Wildman–Crippen LogP) is 3.99. The largest absolute Gasteiger partial charge is 0.384 e. The number of nitrogens with zero attached hydrogens (tertiary/aromatic N) is 1. The maximum absolute atomic E-state index is 4.09. The van der Waals surface area contributed by atoms with Crippen molar-refractivity contribution in [3.05, 3.63) is 54.7 Å². The van der Waals surface area contributed by atoms with Crippen LogP contribution < -0.4 is 16.0 Å². The van der Waals surface area contributed by atoms with Gasteiger partial charge in [-0.15, -0.1) is 0 Å². The van der Waals surface area contributed by atoms with Crippen LogP contribution in [-0.4, -0.2) is 35.4 Å². The third-order valence-corrected chi connectivity index (χ3v) is 5.20. The summed E-state index contributed by atoms with van der Waals surface area (Å²) in [4.78, 5) is 0. The Hall–Kier alpha value is -2.53. The Morgan fingerprint density at radius 3 is 2.54 bits per heavy atom. The van der Waals surface area contributed by atoms with Gasteiger partial charge < -0.3 is 16.0 Å². The average molecular weight is 349 g/mol. The van der Waals surface area contributed by atoms with Crippen LogP contribution in [-0.2, 0) is 0 Å². The quantitative estimate of drug-likeness (QED) is 0.487. The first-order valence-electron chi connectivity index (χ1n) is 9.59. The Morgan fingerprint density at radius 2 is 1.69 bits per heavy atom. The fraction of sp³-hybridized carbons (Fsp3) is 0.381. The van der Waals surface area contributed by atoms with Gasteiger partial charge in [0, 0.05) is 41.9 Å². The summed E-state index contributed by atoms with van der Waals surface area (Å²) < 4.78 is 0. The molecule has 4 rings (SSSR count). The van der Waals surface area contributed by atoms with Gasteiger partial charge in [-0.25, -0.2) is 0 Å². The van der Waals surface area contributed by atoms with E-state index < -0.39 is 0 Å². The average Bonchev–Trinajstić information content (AvgIpc) is 3.15. The molecule has 0 amide bonds. The highest BCUT2D eigenvalue weighted by Crippen LogP contribution is 2.24. The van der Waals surface area contributed by atoms with Crippen LogP contribution >= 0.6 is 0 Å². The zero-order chi connectivity index (χ0) is 17.6. The van der Waals surface area contributed by atoms with Crippen LogP contribution in [0.2, 0.25) is 0 Å². The van der Waals surface area contributed by atoms with Crippen molar-refractivity contribution < 1.29 is 0 Å². The van der Waals surface area contributed by atoms with E-state index in [1.54, 1.807) is 0 Å². The number of aromatic amines is 1. The SMILES string of the molecule is c1ccc(NCCNC2CCC(Nc3ccc4[nH]ncc4c3)CC2)cc1. The summed E-state index contributed by atoms with van der Waals surface area (Å²) in [6.07, 6.45) is 6.78. The molecule has 26 heavy (non-hydrogen) atoms. The normalized spacial score (nSPS) is 20.2. The first-order chi connectivity index (χ1) is 12.9. The fourth-order valence-electron chi connectivity index (χ4n) is 3.75. The molecule has 136 valence electrons. The molecule has 1 aliphatic carbocycles. The van der Waals surface area contributed by atoms with Gasteiger partial charge in [-0.05, 0) is 56.0 Å². The van der Waals surface area contributed by atoms with Gasteiger partial charge in [0.05, 0.1) is 11.7 Å². The number of fused-ring (bicyclic) bond motifs is 1. The molecule has 0 atom stereocenters. The second-order valence-corrected chi connectivity index (χ2v) is 7.11. The van der Waals surface area contributed by atoms with Gasteiger partial charge in [-0.1, -0.05) is 18.2 Å². The number of nitrogens with one attached hydrogen (secondary N) is 4. The lowest BCUT2D eigenvalue weighted by atomic mass is 9.91. The van der Waals surface area contributed by atoms with E-state index in [1.165, 1.54) is 37.1 Å². The van der Waals surface area contributed by atoms with E-state index >= 15 is 0 Å². The molecule has 3 aromatic rings. The van der Waals surface area contributed by atoms with E-state index in [4.69, 9.17) is 0 Å². The summed E-state index contributed by atoms with van der Waals surface area (Å²) >= 11 is 0. The smallest absolute Gasteiger partial charge is 0.0651 e. The van der Waals surface area contributed by atoms with E-state index in [-0.39, 0.29) is 0 Å². The summed E-state index contributed by atoms with van der Waals surface area (Å²) in [5.41, 5.74) is 3.48. The van der Waals surface area contributed by atoms with Crippen LogP contribution in [0.3, 0.4) is 0 Å². The maximum Gasteiger partial charge on any atom is 0.0651 e. The van der Waals surface area contributed by atoms with Gasteiger partial charge in [-0.3, -0.25) is 5.10 Å². The van der Waals surface area contributed by atoms with Crippen molar-refractivity contribution in [1.29, 1.82) is 0 Å². The lowest BCUT2D eigenvalue weighted by Crippen LogP contribution is -2.38. The van der Waals surface area contributed by atoms with Gasteiger partial charge in [0.15, 0.2) is 0 Å². The number of rotatable bonds is 7. The molecule has 0 saturated heterocycles. The molecule has 4 N–H and O–H groups in total. The Balaban J connectivity index is 1.17. The van der Waals surface area contributed by atoms with E-state index in [2.05, 4.69) is 68.6 Å². The van der Waals surface area contributed by atoms with E-state index in [0.717, 1.165) is 24.0 Å². The molecule has 1 fully saturated rings. The van der Waals surface area contributed by atoms with Crippen LogP contribution in [0.4, 0.5) is 11.4 Å². The lowest BCUT2D eigenvalue weighted by Gasteiger charge is -2.30. The van der Waals surface area contributed by atoms with Crippen molar-refractivity contribution in [3.8, 4) is 0 Å². The molecule has 0 unspecified atom stereocenters. The monoisotopic (exact) mass is 349 g/mol. The van der Waals surface area contributed by atoms with Crippen LogP contribution in [0.5, 0.6) is 0 Å². The zero-order valence-corrected chi connectivity index (χ0v) is 15.0. The summed E-state index contributed by atoms with van der Waals surface area (Å²) in [6, 6.07) is 18.0.